The highest BCUT2D eigenvalue weighted by atomic mass is 16.5. The van der Waals surface area contributed by atoms with Crippen molar-refractivity contribution in [2.45, 2.75) is 6.42 Å². The lowest BCUT2D eigenvalue weighted by Crippen LogP contribution is -2.35. The predicted octanol–water partition coefficient (Wildman–Crippen LogP) is -0.358. The van der Waals surface area contributed by atoms with Crippen molar-refractivity contribution in [2.75, 3.05) is 26.6 Å². The average Bonchev–Trinajstić information content (AvgIpc) is 2.64. The van der Waals surface area contributed by atoms with Crippen LogP contribution in [0, 0.1) is 0 Å². The lowest BCUT2D eigenvalue weighted by molar-refractivity contribution is -0.141. The molecule has 0 atom stereocenters. The van der Waals surface area contributed by atoms with Gasteiger partial charge in [-0.15, -0.1) is 0 Å². The molecule has 144 valence electrons. The minimum atomic E-state index is -0.934. The summed E-state index contributed by atoms with van der Waals surface area (Å²) in [5.74, 6) is -0.845. The molecule has 0 aliphatic heterocycles. The summed E-state index contributed by atoms with van der Waals surface area (Å²) in [4.78, 5) is 49.3. The number of carbonyl (C=O) groups is 2. The third-order valence-electron chi connectivity index (χ3n) is 3.81. The molecule has 2 aromatic rings. The maximum Gasteiger partial charge on any atom is 0.329 e. The van der Waals surface area contributed by atoms with Crippen LogP contribution in [0.4, 0.5) is 5.82 Å². The largest absolute Gasteiger partial charge is 0.493 e. The van der Waals surface area contributed by atoms with Crippen LogP contribution in [0.1, 0.15) is 15.9 Å². The van der Waals surface area contributed by atoms with Gasteiger partial charge in [-0.2, -0.15) is 0 Å². The van der Waals surface area contributed by atoms with Gasteiger partial charge < -0.3 is 19.9 Å². The maximum atomic E-state index is 12.2. The second kappa shape index (κ2) is 8.21. The summed E-state index contributed by atoms with van der Waals surface area (Å²) in [7, 11) is 4.26. The number of esters is 1. The predicted molar refractivity (Wildman–Crippen MR) is 95.3 cm³/mol. The molecule has 27 heavy (non-hydrogen) atoms. The number of nitrogens with two attached hydrogens (primary N) is 1. The Morgan fingerprint density at radius 3 is 2.44 bits per heavy atom. The normalized spacial score (nSPS) is 10.3. The number of carbonyl (C=O) groups excluding carboxylic acids is 2. The number of nitrogens with one attached hydrogen (secondary N) is 1. The van der Waals surface area contributed by atoms with E-state index in [0.29, 0.717) is 17.1 Å². The Balaban J connectivity index is 2.06. The summed E-state index contributed by atoms with van der Waals surface area (Å²) in [6.07, 6.45) is -0.118. The monoisotopic (exact) mass is 377 g/mol. The standard InChI is InChI=1S/C17H19N3O7/c1-20-15(18)14(16(23)19-17(20)24)10(21)8-27-13(22)7-9-4-5-11(25-2)12(6-9)26-3/h4-6H,7-8,18H2,1-3H3,(H,19,23,24). The summed E-state index contributed by atoms with van der Waals surface area (Å²) < 4.78 is 16.1. The molecule has 0 amide bonds. The topological polar surface area (TPSA) is 143 Å². The fourth-order valence-corrected chi connectivity index (χ4v) is 2.33. The van der Waals surface area contributed by atoms with E-state index in [-0.39, 0.29) is 12.2 Å². The molecule has 10 nitrogen and oxygen atoms in total. The van der Waals surface area contributed by atoms with Gasteiger partial charge in [0.05, 0.1) is 20.6 Å². The lowest BCUT2D eigenvalue weighted by Gasteiger charge is -2.10. The number of H-pyrrole nitrogens is 1. The zero-order valence-corrected chi connectivity index (χ0v) is 15.0. The zero-order valence-electron chi connectivity index (χ0n) is 15.0. The van der Waals surface area contributed by atoms with E-state index in [1.165, 1.54) is 21.3 Å². The van der Waals surface area contributed by atoms with Crippen molar-refractivity contribution in [3.8, 4) is 11.5 Å². The Hall–Kier alpha value is -3.56. The summed E-state index contributed by atoms with van der Waals surface area (Å²) in [5.41, 5.74) is 4.10. The molecule has 0 spiro atoms. The number of nitrogen functional groups attached to an aromatic ring is 1. The van der Waals surface area contributed by atoms with Gasteiger partial charge in [-0.05, 0) is 17.7 Å². The van der Waals surface area contributed by atoms with Gasteiger partial charge in [-0.3, -0.25) is 23.9 Å². The number of rotatable bonds is 7. The van der Waals surface area contributed by atoms with E-state index >= 15 is 0 Å². The maximum absolute atomic E-state index is 12.2. The summed E-state index contributed by atoms with van der Waals surface area (Å²) >= 11 is 0. The van der Waals surface area contributed by atoms with Gasteiger partial charge >= 0.3 is 11.7 Å². The molecule has 1 heterocycles. The van der Waals surface area contributed by atoms with Crippen LogP contribution in [0.2, 0.25) is 0 Å². The number of ether oxygens (including phenoxy) is 3. The van der Waals surface area contributed by atoms with Crippen molar-refractivity contribution in [2.24, 2.45) is 7.05 Å². The van der Waals surface area contributed by atoms with E-state index in [1.807, 2.05) is 4.98 Å². The number of anilines is 1. The molecule has 0 fully saturated rings. The molecule has 0 saturated carbocycles. The second-order valence-electron chi connectivity index (χ2n) is 5.53. The number of hydrogen-bond donors (Lipinski definition) is 2. The molecule has 3 N–H and O–H groups in total. The van der Waals surface area contributed by atoms with Crippen LogP contribution in [-0.2, 0) is 23.0 Å². The van der Waals surface area contributed by atoms with Crippen molar-refractivity contribution in [3.05, 3.63) is 50.2 Å². The molecular weight excluding hydrogens is 358 g/mol. The van der Waals surface area contributed by atoms with E-state index in [9.17, 15) is 19.2 Å². The van der Waals surface area contributed by atoms with Crippen molar-refractivity contribution < 1.29 is 23.8 Å². The van der Waals surface area contributed by atoms with Crippen LogP contribution in [0.5, 0.6) is 11.5 Å². The number of Topliss-reactive ketones (excluding diaryl/α,β-unsaturated/α-hetero) is 1. The van der Waals surface area contributed by atoms with Crippen molar-refractivity contribution >= 4 is 17.6 Å². The first kappa shape index (κ1) is 19.8. The molecule has 0 aliphatic rings. The fraction of sp³-hybridized carbons (Fsp3) is 0.294. The first-order chi connectivity index (χ1) is 12.8. The van der Waals surface area contributed by atoms with Gasteiger partial charge in [0, 0.05) is 7.05 Å². The Bertz CT molecular complexity index is 991. The summed E-state index contributed by atoms with van der Waals surface area (Å²) in [5, 5.41) is 0. The molecule has 0 radical (unpaired) electrons. The molecule has 10 heteroatoms. The van der Waals surface area contributed by atoms with Crippen LogP contribution in [0.15, 0.2) is 27.8 Å². The SMILES string of the molecule is COc1ccc(CC(=O)OCC(=O)c2c(N)n(C)c(=O)[nH]c2=O)cc1OC. The van der Waals surface area contributed by atoms with Gasteiger partial charge in [-0.1, -0.05) is 6.07 Å². The molecule has 0 bridgehead atoms. The van der Waals surface area contributed by atoms with Crippen molar-refractivity contribution in [1.82, 2.24) is 9.55 Å². The van der Waals surface area contributed by atoms with Crippen LogP contribution < -0.4 is 26.5 Å². The zero-order chi connectivity index (χ0) is 20.1. The van der Waals surface area contributed by atoms with E-state index in [2.05, 4.69) is 0 Å². The Kier molecular flexibility index (Phi) is 6.01. The van der Waals surface area contributed by atoms with Crippen LogP contribution in [0.3, 0.4) is 0 Å². The highest BCUT2D eigenvalue weighted by Gasteiger charge is 2.20. The number of aromatic nitrogens is 2. The molecular formula is C17H19N3O7. The Morgan fingerprint density at radius 2 is 1.81 bits per heavy atom. The Morgan fingerprint density at radius 1 is 1.15 bits per heavy atom. The molecule has 0 unspecified atom stereocenters. The number of hydrogen-bond acceptors (Lipinski definition) is 8. The molecule has 0 saturated heterocycles. The van der Waals surface area contributed by atoms with Gasteiger partial charge in [0.2, 0.25) is 5.78 Å². The smallest absolute Gasteiger partial charge is 0.329 e. The molecule has 1 aromatic carbocycles. The third kappa shape index (κ3) is 4.35. The number of nitrogens with zero attached hydrogens (tertiary/aromatic N) is 1. The van der Waals surface area contributed by atoms with Crippen LogP contribution >= 0.6 is 0 Å². The molecule has 2 rings (SSSR count). The van der Waals surface area contributed by atoms with E-state index < -0.39 is 35.2 Å². The number of benzene rings is 1. The molecule has 1 aromatic heterocycles. The number of ketones is 1. The lowest BCUT2D eigenvalue weighted by atomic mass is 10.1. The van der Waals surface area contributed by atoms with E-state index in [0.717, 1.165) is 4.57 Å². The van der Waals surface area contributed by atoms with E-state index in [1.54, 1.807) is 18.2 Å². The molecule has 0 aliphatic carbocycles. The van der Waals surface area contributed by atoms with Gasteiger partial charge in [0.25, 0.3) is 5.56 Å². The summed E-state index contributed by atoms with van der Waals surface area (Å²) in [6.45, 7) is -0.683. The number of methoxy groups -OCH3 is 2. The first-order valence-corrected chi connectivity index (χ1v) is 7.77. The highest BCUT2D eigenvalue weighted by molar-refractivity contribution is 6.01. The van der Waals surface area contributed by atoms with Crippen molar-refractivity contribution in [1.29, 1.82) is 0 Å². The minimum Gasteiger partial charge on any atom is -0.493 e. The highest BCUT2D eigenvalue weighted by Crippen LogP contribution is 2.27. The van der Waals surface area contributed by atoms with Gasteiger partial charge in [0.15, 0.2) is 18.1 Å². The van der Waals surface area contributed by atoms with Gasteiger partial charge in [0.1, 0.15) is 11.4 Å². The van der Waals surface area contributed by atoms with Crippen molar-refractivity contribution in [3.63, 3.8) is 0 Å². The van der Waals surface area contributed by atoms with Gasteiger partial charge in [-0.25, -0.2) is 4.79 Å². The second-order valence-corrected chi connectivity index (χ2v) is 5.53. The van der Waals surface area contributed by atoms with Crippen LogP contribution in [0.25, 0.3) is 0 Å². The average molecular weight is 377 g/mol. The first-order valence-electron chi connectivity index (χ1n) is 7.77. The fourth-order valence-electron chi connectivity index (χ4n) is 2.33. The summed E-state index contributed by atoms with van der Waals surface area (Å²) in [6, 6.07) is 4.90. The van der Waals surface area contributed by atoms with Crippen LogP contribution in [-0.4, -0.2) is 42.1 Å². The Labute approximate surface area is 153 Å². The third-order valence-corrected chi connectivity index (χ3v) is 3.81. The minimum absolute atomic E-state index is 0.118. The quantitative estimate of drug-likeness (QED) is 0.492. The number of aromatic amines is 1. The van der Waals surface area contributed by atoms with E-state index in [4.69, 9.17) is 19.9 Å².